The molecule has 0 fully saturated rings. The molecule has 2 N–H and O–H groups in total. The van der Waals surface area contributed by atoms with Crippen LogP contribution in [0.1, 0.15) is 0 Å². The van der Waals surface area contributed by atoms with Crippen molar-refractivity contribution in [3.05, 3.63) is 0 Å². The molecule has 0 spiro atoms. The van der Waals surface area contributed by atoms with E-state index >= 15 is 0 Å². The Bertz CT molecular complexity index is 106. The van der Waals surface area contributed by atoms with Gasteiger partial charge < -0.3 is 0 Å². The van der Waals surface area contributed by atoms with E-state index in [1.54, 1.807) is 0 Å². The molecule has 0 atom stereocenters. The summed E-state index contributed by atoms with van der Waals surface area (Å²) in [5, 5.41) is 0. The summed E-state index contributed by atoms with van der Waals surface area (Å²) in [4.78, 5) is 0. The van der Waals surface area contributed by atoms with Crippen molar-refractivity contribution >= 4 is 10.4 Å². The van der Waals surface area contributed by atoms with Crippen LogP contribution in [0.2, 0.25) is 0 Å². The van der Waals surface area contributed by atoms with E-state index in [1.807, 2.05) is 0 Å². The molecule has 0 saturated heterocycles. The van der Waals surface area contributed by atoms with Gasteiger partial charge in [-0.1, -0.05) is 0 Å². The first-order valence-corrected chi connectivity index (χ1v) is 2.60. The van der Waals surface area contributed by atoms with Crippen LogP contribution >= 0.6 is 0 Å². The van der Waals surface area contributed by atoms with Gasteiger partial charge in [0.25, 0.3) is 0 Å². The van der Waals surface area contributed by atoms with Gasteiger partial charge in [-0.15, -0.1) is 0 Å². The predicted octanol–water partition coefficient (Wildman–Crippen LogP) is -0.777. The van der Waals surface area contributed by atoms with E-state index < -0.39 is 10.4 Å². The van der Waals surface area contributed by atoms with Crippen LogP contribution in [-0.2, 0) is 46.7 Å². The maximum absolute atomic E-state index is 8.74. The maximum atomic E-state index is 8.74. The summed E-state index contributed by atoms with van der Waals surface area (Å²) in [6.45, 7) is 0. The molecule has 5 nitrogen and oxygen atoms in total. The van der Waals surface area contributed by atoms with Crippen molar-refractivity contribution in [2.24, 2.45) is 0 Å². The number of hydrogen-bond donors (Lipinski definition) is 2. The Morgan fingerprint density at radius 1 is 1.12 bits per heavy atom. The van der Waals surface area contributed by atoms with Gasteiger partial charge >= 0.3 is 30.2 Å². The molecule has 59 valence electrons. The van der Waals surface area contributed by atoms with E-state index in [0.717, 1.165) is 0 Å². The molecular weight excluding hydrogens is 234 g/mol. The molecule has 0 aliphatic heterocycles. The van der Waals surface area contributed by atoms with E-state index in [0.29, 0.717) is 0 Å². The molecule has 8 heteroatoms. The average Bonchev–Trinajstić information content (AvgIpc) is 1.36. The molecule has 0 rings (SSSR count). The van der Waals surface area contributed by atoms with E-state index in [-0.39, 0.29) is 16.5 Å². The van der Waals surface area contributed by atoms with Crippen molar-refractivity contribution in [3.8, 4) is 0 Å². The van der Waals surface area contributed by atoms with Gasteiger partial charge in [0, 0.05) is 16.5 Å². The fraction of sp³-hybridized carbons (Fsp3) is 0. The van der Waals surface area contributed by atoms with Crippen LogP contribution in [0.3, 0.4) is 0 Å². The Labute approximate surface area is 64.4 Å². The van der Waals surface area contributed by atoms with E-state index in [2.05, 4.69) is 15.9 Å². The van der Waals surface area contributed by atoms with Crippen LogP contribution in [0.25, 0.3) is 0 Å². The molecule has 0 aromatic carbocycles. The number of rotatable bonds is 0. The van der Waals surface area contributed by atoms with Crippen LogP contribution in [0.5, 0.6) is 0 Å². The summed E-state index contributed by atoms with van der Waals surface area (Å²) >= 11 is 2.94. The fourth-order valence-electron chi connectivity index (χ4n) is 0. The first-order chi connectivity index (χ1) is 3.00. The molecule has 0 radical (unpaired) electrons. The first kappa shape index (κ1) is 15.9. The van der Waals surface area contributed by atoms with Crippen LogP contribution < -0.4 is 0 Å². The van der Waals surface area contributed by atoms with Crippen molar-refractivity contribution in [3.63, 3.8) is 0 Å². The van der Waals surface area contributed by atoms with Crippen LogP contribution in [-0.4, -0.2) is 17.5 Å². The Morgan fingerprint density at radius 2 is 1.12 bits per heavy atom. The van der Waals surface area contributed by atoms with Gasteiger partial charge in [0.15, 0.2) is 0 Å². The predicted molar refractivity (Wildman–Crippen MR) is 14.9 cm³/mol. The topological polar surface area (TPSA) is 91.7 Å². The molecule has 0 unspecified atom stereocenters. The summed E-state index contributed by atoms with van der Waals surface area (Å²) in [7, 11) is -4.67. The Hall–Kier alpha value is 0.683. The van der Waals surface area contributed by atoms with E-state index in [1.165, 1.54) is 0 Å². The summed E-state index contributed by atoms with van der Waals surface area (Å²) < 4.78 is 39.4. The Kier molecular flexibility index (Phi) is 15.2. The second-order valence-electron chi connectivity index (χ2n) is 0.448. The van der Waals surface area contributed by atoms with Crippen LogP contribution in [0, 0.1) is 0 Å². The third-order valence-electron chi connectivity index (χ3n) is 0. The first-order valence-electron chi connectivity index (χ1n) is 0.822. The van der Waals surface area contributed by atoms with Crippen molar-refractivity contribution in [2.75, 3.05) is 0 Å². The normalized spacial score (nSPS) is 8.00. The molecule has 0 amide bonds. The Balaban J connectivity index is -0.0000000750. The number of hydrogen-bond acceptors (Lipinski definition) is 3. The molecule has 0 aromatic rings. The van der Waals surface area contributed by atoms with Gasteiger partial charge in [-0.05, 0) is 0 Å². The van der Waals surface area contributed by atoms with Gasteiger partial charge in [0.1, 0.15) is 0 Å². The molecule has 8 heavy (non-hydrogen) atoms. The zero-order valence-electron chi connectivity index (χ0n) is 3.15. The van der Waals surface area contributed by atoms with Crippen molar-refractivity contribution in [2.45, 2.75) is 0 Å². The van der Waals surface area contributed by atoms with E-state index in [9.17, 15) is 0 Å². The minimum atomic E-state index is -4.67. The van der Waals surface area contributed by atoms with E-state index in [4.69, 9.17) is 21.4 Å². The fourth-order valence-corrected chi connectivity index (χ4v) is 0. The average molecular weight is 236 g/mol. The SMILES string of the molecule is O=S(=O)(O)O.[Ni].[O]=[Cu]. The summed E-state index contributed by atoms with van der Waals surface area (Å²) in [5.41, 5.74) is 0. The standard InChI is InChI=1S/Cu.Ni.H2O4S.O/c;;1-5(2,3)4;/h;;(H2,1,2,3,4);. The zero-order chi connectivity index (χ0) is 6.50. The van der Waals surface area contributed by atoms with Crippen molar-refractivity contribution in [1.29, 1.82) is 0 Å². The van der Waals surface area contributed by atoms with Crippen LogP contribution in [0.15, 0.2) is 0 Å². The van der Waals surface area contributed by atoms with Gasteiger partial charge in [0.05, 0.1) is 0 Å². The monoisotopic (exact) mass is 235 g/mol. The molecular formula is H2CuNiO5S. The summed E-state index contributed by atoms with van der Waals surface area (Å²) in [6.07, 6.45) is 0. The van der Waals surface area contributed by atoms with Gasteiger partial charge in [-0.25, -0.2) is 0 Å². The molecule has 0 aromatic heterocycles. The third-order valence-corrected chi connectivity index (χ3v) is 0. The third kappa shape index (κ3) is 463. The Morgan fingerprint density at radius 3 is 1.12 bits per heavy atom. The molecule has 0 aliphatic carbocycles. The molecule has 0 saturated carbocycles. The quantitative estimate of drug-likeness (QED) is 0.425. The van der Waals surface area contributed by atoms with Gasteiger partial charge in [0.2, 0.25) is 0 Å². The summed E-state index contributed by atoms with van der Waals surface area (Å²) in [5.74, 6) is 0. The second-order valence-corrected chi connectivity index (χ2v) is 1.34. The van der Waals surface area contributed by atoms with Crippen molar-refractivity contribution < 1.29 is 53.8 Å². The van der Waals surface area contributed by atoms with Crippen LogP contribution in [0.4, 0.5) is 0 Å². The van der Waals surface area contributed by atoms with Crippen molar-refractivity contribution in [1.82, 2.24) is 0 Å². The van der Waals surface area contributed by atoms with Gasteiger partial charge in [-0.3, -0.25) is 9.11 Å². The van der Waals surface area contributed by atoms with Gasteiger partial charge in [-0.2, -0.15) is 8.42 Å². The zero-order valence-corrected chi connectivity index (χ0v) is 5.89. The molecule has 0 heterocycles. The molecule has 0 bridgehead atoms. The summed E-state index contributed by atoms with van der Waals surface area (Å²) in [6, 6.07) is 0. The molecule has 0 aliphatic rings. The minimum absolute atomic E-state index is 0. The second kappa shape index (κ2) is 7.68.